The minimum Gasteiger partial charge on any atom is -0.392 e. The van der Waals surface area contributed by atoms with Gasteiger partial charge in [-0.3, -0.25) is 9.36 Å². The van der Waals surface area contributed by atoms with Gasteiger partial charge in [-0.05, 0) is 60.8 Å². The molecule has 0 radical (unpaired) electrons. The van der Waals surface area contributed by atoms with Crippen molar-refractivity contribution in [3.63, 3.8) is 0 Å². The summed E-state index contributed by atoms with van der Waals surface area (Å²) in [6.45, 7) is 2.58. The van der Waals surface area contributed by atoms with Gasteiger partial charge in [0.1, 0.15) is 0 Å². The zero-order chi connectivity index (χ0) is 18.2. The third kappa shape index (κ3) is 4.23. The molecule has 1 aromatic carbocycles. The van der Waals surface area contributed by atoms with Gasteiger partial charge < -0.3 is 15.5 Å². The average molecular weight is 431 g/mol. The number of hydrogen-bond donors (Lipinski definition) is 3. The van der Waals surface area contributed by atoms with E-state index in [1.807, 2.05) is 0 Å². The van der Waals surface area contributed by atoms with Gasteiger partial charge in [0.25, 0.3) is 5.56 Å². The number of rotatable bonds is 4. The molecule has 1 aliphatic rings. The lowest BCUT2D eigenvalue weighted by molar-refractivity contribution is -0.00700. The number of nitrogens with zero attached hydrogens (tertiary/aromatic N) is 2. The van der Waals surface area contributed by atoms with E-state index in [1.165, 1.54) is 10.9 Å². The Morgan fingerprint density at radius 1 is 1.52 bits per heavy atom. The Morgan fingerprint density at radius 3 is 3.00 bits per heavy atom. The summed E-state index contributed by atoms with van der Waals surface area (Å²) in [4.78, 5) is 17.0. The van der Waals surface area contributed by atoms with Crippen LogP contribution in [0.1, 0.15) is 26.2 Å². The lowest BCUT2D eigenvalue weighted by Crippen LogP contribution is -2.50. The fraction of sp³-hybridized carbons (Fsp3) is 0.529. The normalized spacial score (nSPS) is 23.6. The first kappa shape index (κ1) is 18.8. The number of aliphatic hydroxyl groups is 2. The highest BCUT2D eigenvalue weighted by atomic mass is 79.9. The Balaban J connectivity index is 1.85. The Bertz CT molecular complexity index is 840. The van der Waals surface area contributed by atoms with Gasteiger partial charge >= 0.3 is 0 Å². The fourth-order valence-corrected chi connectivity index (χ4v) is 3.81. The van der Waals surface area contributed by atoms with Crippen molar-refractivity contribution in [3.8, 4) is 0 Å². The zero-order valence-electron chi connectivity index (χ0n) is 13.9. The van der Waals surface area contributed by atoms with Gasteiger partial charge in [0, 0.05) is 10.5 Å². The SMILES string of the molecule is CC(O)(CC1NCCCC1O)Cn1cnc2cc(Br)c(Cl)cc2c1=O. The Hall–Kier alpha value is -0.990. The largest absolute Gasteiger partial charge is 0.392 e. The Labute approximate surface area is 159 Å². The molecule has 8 heteroatoms. The predicted molar refractivity (Wildman–Crippen MR) is 101 cm³/mol. The number of halogens is 2. The molecule has 3 rings (SSSR count). The van der Waals surface area contributed by atoms with E-state index >= 15 is 0 Å². The van der Waals surface area contributed by atoms with Crippen molar-refractivity contribution in [1.29, 1.82) is 0 Å². The molecule has 0 bridgehead atoms. The third-order valence-electron chi connectivity index (χ3n) is 4.58. The van der Waals surface area contributed by atoms with E-state index in [2.05, 4.69) is 26.2 Å². The number of aromatic nitrogens is 2. The van der Waals surface area contributed by atoms with Crippen LogP contribution in [0.15, 0.2) is 27.7 Å². The standard InChI is InChI=1S/C17H21BrClN3O3/c1-17(25,7-14-15(23)3-2-4-20-14)8-22-9-21-13-6-11(18)12(19)5-10(13)16(22)24/h5-6,9,14-15,20,23,25H,2-4,7-8H2,1H3. The van der Waals surface area contributed by atoms with Gasteiger partial charge in [0.05, 0.1) is 40.5 Å². The second kappa shape index (κ2) is 7.32. The van der Waals surface area contributed by atoms with E-state index in [-0.39, 0.29) is 18.1 Å². The van der Waals surface area contributed by atoms with Crippen LogP contribution < -0.4 is 10.9 Å². The van der Waals surface area contributed by atoms with Crippen LogP contribution in [-0.2, 0) is 6.54 Å². The first-order valence-electron chi connectivity index (χ1n) is 8.25. The van der Waals surface area contributed by atoms with Crippen LogP contribution in [-0.4, -0.2) is 44.1 Å². The molecule has 2 heterocycles. The molecule has 2 aromatic rings. The molecular weight excluding hydrogens is 410 g/mol. The van der Waals surface area contributed by atoms with Crippen molar-refractivity contribution in [2.75, 3.05) is 6.54 Å². The molecule has 0 saturated carbocycles. The molecule has 0 spiro atoms. The first-order valence-corrected chi connectivity index (χ1v) is 9.42. The van der Waals surface area contributed by atoms with Gasteiger partial charge in [0.2, 0.25) is 0 Å². The van der Waals surface area contributed by atoms with Crippen LogP contribution in [0.2, 0.25) is 5.02 Å². The van der Waals surface area contributed by atoms with E-state index in [0.717, 1.165) is 19.4 Å². The molecule has 6 nitrogen and oxygen atoms in total. The Morgan fingerprint density at radius 2 is 2.28 bits per heavy atom. The average Bonchev–Trinajstić information content (AvgIpc) is 2.54. The molecule has 1 aromatic heterocycles. The highest BCUT2D eigenvalue weighted by molar-refractivity contribution is 9.10. The summed E-state index contributed by atoms with van der Waals surface area (Å²) in [6, 6.07) is 3.09. The summed E-state index contributed by atoms with van der Waals surface area (Å²) in [5.74, 6) is 0. The lowest BCUT2D eigenvalue weighted by Gasteiger charge is -2.35. The van der Waals surface area contributed by atoms with Crippen LogP contribution in [0.4, 0.5) is 0 Å². The van der Waals surface area contributed by atoms with E-state index in [9.17, 15) is 15.0 Å². The smallest absolute Gasteiger partial charge is 0.261 e. The molecule has 1 saturated heterocycles. The number of hydrogen-bond acceptors (Lipinski definition) is 5. The second-order valence-corrected chi connectivity index (χ2v) is 8.19. The quantitative estimate of drug-likeness (QED) is 0.691. The van der Waals surface area contributed by atoms with Gasteiger partial charge in [-0.25, -0.2) is 4.98 Å². The van der Waals surface area contributed by atoms with Crippen molar-refractivity contribution in [2.24, 2.45) is 0 Å². The van der Waals surface area contributed by atoms with Gasteiger partial charge in [-0.15, -0.1) is 0 Å². The van der Waals surface area contributed by atoms with Crippen LogP contribution in [0.5, 0.6) is 0 Å². The molecule has 136 valence electrons. The summed E-state index contributed by atoms with van der Waals surface area (Å²) >= 11 is 9.40. The number of aliphatic hydroxyl groups excluding tert-OH is 1. The van der Waals surface area contributed by atoms with Crippen molar-refractivity contribution in [3.05, 3.63) is 38.3 Å². The summed E-state index contributed by atoms with van der Waals surface area (Å²) in [7, 11) is 0. The number of benzene rings is 1. The van der Waals surface area contributed by atoms with Crippen molar-refractivity contribution in [2.45, 2.75) is 50.5 Å². The molecule has 0 amide bonds. The minimum atomic E-state index is -1.16. The first-order chi connectivity index (χ1) is 11.8. The number of piperidine rings is 1. The fourth-order valence-electron chi connectivity index (χ4n) is 3.32. The summed E-state index contributed by atoms with van der Waals surface area (Å²) in [5.41, 5.74) is -0.868. The molecular formula is C17H21BrClN3O3. The van der Waals surface area contributed by atoms with Gasteiger partial charge in [-0.1, -0.05) is 11.6 Å². The van der Waals surface area contributed by atoms with Gasteiger partial charge in [-0.2, -0.15) is 0 Å². The number of nitrogens with one attached hydrogen (secondary N) is 1. The number of fused-ring (bicyclic) bond motifs is 1. The van der Waals surface area contributed by atoms with Crippen LogP contribution >= 0.6 is 27.5 Å². The van der Waals surface area contributed by atoms with Crippen molar-refractivity contribution in [1.82, 2.24) is 14.9 Å². The maximum absolute atomic E-state index is 12.7. The Kier molecular flexibility index (Phi) is 5.51. The molecule has 1 aliphatic heterocycles. The maximum atomic E-state index is 12.7. The van der Waals surface area contributed by atoms with Crippen LogP contribution in [0, 0.1) is 0 Å². The monoisotopic (exact) mass is 429 g/mol. The molecule has 3 unspecified atom stereocenters. The predicted octanol–water partition coefficient (Wildman–Crippen LogP) is 2.07. The van der Waals surface area contributed by atoms with E-state index in [4.69, 9.17) is 11.6 Å². The van der Waals surface area contributed by atoms with Crippen molar-refractivity contribution < 1.29 is 10.2 Å². The highest BCUT2D eigenvalue weighted by Crippen LogP contribution is 2.26. The minimum absolute atomic E-state index is 0.0906. The molecule has 3 atom stereocenters. The van der Waals surface area contributed by atoms with Crippen LogP contribution in [0.3, 0.4) is 0 Å². The van der Waals surface area contributed by atoms with E-state index in [1.54, 1.807) is 19.1 Å². The second-order valence-electron chi connectivity index (χ2n) is 6.93. The molecule has 3 N–H and O–H groups in total. The summed E-state index contributed by atoms with van der Waals surface area (Å²) < 4.78 is 2.07. The summed E-state index contributed by atoms with van der Waals surface area (Å²) in [6.07, 6.45) is 2.94. The zero-order valence-corrected chi connectivity index (χ0v) is 16.2. The third-order valence-corrected chi connectivity index (χ3v) is 5.78. The highest BCUT2D eigenvalue weighted by Gasteiger charge is 2.31. The van der Waals surface area contributed by atoms with Crippen LogP contribution in [0.25, 0.3) is 10.9 Å². The van der Waals surface area contributed by atoms with E-state index in [0.29, 0.717) is 26.8 Å². The van der Waals surface area contributed by atoms with Gasteiger partial charge in [0.15, 0.2) is 0 Å². The summed E-state index contributed by atoms with van der Waals surface area (Å²) in [5, 5.41) is 24.9. The lowest BCUT2D eigenvalue weighted by atomic mass is 9.89. The van der Waals surface area contributed by atoms with E-state index < -0.39 is 11.7 Å². The molecule has 25 heavy (non-hydrogen) atoms. The molecule has 1 fully saturated rings. The van der Waals surface area contributed by atoms with Crippen molar-refractivity contribution >= 4 is 38.4 Å². The molecule has 0 aliphatic carbocycles. The maximum Gasteiger partial charge on any atom is 0.261 e. The topological polar surface area (TPSA) is 87.4 Å².